The number of aromatic nitrogens is 2. The lowest BCUT2D eigenvalue weighted by Gasteiger charge is -2.07. The summed E-state index contributed by atoms with van der Waals surface area (Å²) in [6.07, 6.45) is 0.350. The maximum Gasteiger partial charge on any atom is 0.185 e. The highest BCUT2D eigenvalue weighted by molar-refractivity contribution is 5.96. The Morgan fingerprint density at radius 2 is 1.70 bits per heavy atom. The minimum Gasteiger partial charge on any atom is -0.326 e. The van der Waals surface area contributed by atoms with Crippen LogP contribution in [-0.4, -0.2) is 15.6 Å². The van der Waals surface area contributed by atoms with Gasteiger partial charge in [-0.2, -0.15) is 5.10 Å². The van der Waals surface area contributed by atoms with E-state index in [1.165, 1.54) is 0 Å². The average molecular weight is 305 g/mol. The van der Waals surface area contributed by atoms with Crippen molar-refractivity contribution < 1.29 is 4.79 Å². The van der Waals surface area contributed by atoms with Crippen LogP contribution in [0.3, 0.4) is 0 Å². The van der Waals surface area contributed by atoms with Crippen LogP contribution in [0.2, 0.25) is 0 Å². The van der Waals surface area contributed by atoms with Crippen LogP contribution in [0.5, 0.6) is 0 Å². The van der Waals surface area contributed by atoms with Crippen molar-refractivity contribution in [3.8, 4) is 5.69 Å². The smallest absolute Gasteiger partial charge is 0.185 e. The van der Waals surface area contributed by atoms with Crippen molar-refractivity contribution in [3.05, 3.63) is 83.2 Å². The molecule has 116 valence electrons. The number of hydrogen-bond donors (Lipinski definition) is 1. The van der Waals surface area contributed by atoms with Crippen LogP contribution in [0.15, 0.2) is 60.7 Å². The monoisotopic (exact) mass is 305 g/mol. The molecule has 0 aliphatic heterocycles. The fraction of sp³-hybridized carbons (Fsp3) is 0.158. The van der Waals surface area contributed by atoms with Crippen molar-refractivity contribution in [1.29, 1.82) is 0 Å². The largest absolute Gasteiger partial charge is 0.326 e. The highest BCUT2D eigenvalue weighted by Gasteiger charge is 2.15. The Labute approximate surface area is 135 Å². The highest BCUT2D eigenvalue weighted by Crippen LogP contribution is 2.15. The van der Waals surface area contributed by atoms with Crippen LogP contribution >= 0.6 is 0 Å². The third kappa shape index (κ3) is 3.38. The normalized spacial score (nSPS) is 10.7. The third-order valence-electron chi connectivity index (χ3n) is 3.74. The Morgan fingerprint density at radius 3 is 2.35 bits per heavy atom. The van der Waals surface area contributed by atoms with Crippen molar-refractivity contribution in [2.24, 2.45) is 5.73 Å². The Balaban J connectivity index is 1.87. The molecule has 4 nitrogen and oxygen atoms in total. The number of carbonyl (C=O) groups excluding carboxylic acids is 1. The molecule has 3 aromatic rings. The van der Waals surface area contributed by atoms with Gasteiger partial charge in [-0.25, -0.2) is 4.68 Å². The van der Waals surface area contributed by atoms with Crippen molar-refractivity contribution in [2.45, 2.75) is 19.9 Å². The molecule has 0 unspecified atom stereocenters. The number of rotatable bonds is 5. The minimum absolute atomic E-state index is 0.0509. The molecule has 0 radical (unpaired) electrons. The zero-order valence-corrected chi connectivity index (χ0v) is 13.1. The zero-order valence-electron chi connectivity index (χ0n) is 13.1. The van der Waals surface area contributed by atoms with E-state index in [-0.39, 0.29) is 5.78 Å². The molecule has 2 aromatic carbocycles. The fourth-order valence-corrected chi connectivity index (χ4v) is 2.53. The van der Waals surface area contributed by atoms with Gasteiger partial charge in [0.05, 0.1) is 11.4 Å². The number of carbonyl (C=O) groups is 1. The molecule has 0 atom stereocenters. The Morgan fingerprint density at radius 1 is 1.04 bits per heavy atom. The van der Waals surface area contributed by atoms with Gasteiger partial charge in [-0.3, -0.25) is 4.79 Å². The predicted molar refractivity (Wildman–Crippen MR) is 90.7 cm³/mol. The second kappa shape index (κ2) is 6.58. The summed E-state index contributed by atoms with van der Waals surface area (Å²) in [7, 11) is 0. The number of benzene rings is 2. The van der Waals surface area contributed by atoms with E-state index in [0.717, 1.165) is 22.5 Å². The number of aryl methyl sites for hydroxylation is 1. The molecule has 0 saturated heterocycles. The topological polar surface area (TPSA) is 60.9 Å². The molecule has 1 aromatic heterocycles. The number of ketones is 1. The zero-order chi connectivity index (χ0) is 16.2. The van der Waals surface area contributed by atoms with Crippen molar-refractivity contribution in [3.63, 3.8) is 0 Å². The molecule has 0 aliphatic rings. The third-order valence-corrected chi connectivity index (χ3v) is 3.74. The van der Waals surface area contributed by atoms with Gasteiger partial charge in [0.25, 0.3) is 0 Å². The van der Waals surface area contributed by atoms with E-state index in [0.29, 0.717) is 18.7 Å². The van der Waals surface area contributed by atoms with Crippen LogP contribution < -0.4 is 5.73 Å². The van der Waals surface area contributed by atoms with E-state index >= 15 is 0 Å². The Bertz CT molecular complexity index is 804. The summed E-state index contributed by atoms with van der Waals surface area (Å²) < 4.78 is 1.71. The lowest BCUT2D eigenvalue weighted by atomic mass is 10.0. The van der Waals surface area contributed by atoms with E-state index in [2.05, 4.69) is 5.10 Å². The Kier molecular flexibility index (Phi) is 4.35. The predicted octanol–water partition coefficient (Wildman–Crippen LogP) is 3.06. The van der Waals surface area contributed by atoms with Crippen LogP contribution in [0.25, 0.3) is 5.69 Å². The molecule has 0 fully saturated rings. The van der Waals surface area contributed by atoms with Crippen LogP contribution in [0.4, 0.5) is 0 Å². The molecule has 3 rings (SSSR count). The maximum atomic E-state index is 12.7. The van der Waals surface area contributed by atoms with Crippen LogP contribution in [-0.2, 0) is 13.0 Å². The first-order chi connectivity index (χ1) is 11.2. The van der Waals surface area contributed by atoms with Gasteiger partial charge >= 0.3 is 0 Å². The summed E-state index contributed by atoms with van der Waals surface area (Å²) in [5.41, 5.74) is 9.97. The molecule has 0 amide bonds. The van der Waals surface area contributed by atoms with Gasteiger partial charge in [0.1, 0.15) is 5.69 Å². The minimum atomic E-state index is 0.0509. The molecule has 0 spiro atoms. The summed E-state index contributed by atoms with van der Waals surface area (Å²) in [4.78, 5) is 12.7. The first kappa shape index (κ1) is 15.2. The summed E-state index contributed by atoms with van der Waals surface area (Å²) in [6.45, 7) is 2.40. The van der Waals surface area contributed by atoms with Crippen LogP contribution in [0.1, 0.15) is 27.3 Å². The molecule has 0 aliphatic carbocycles. The number of nitrogens with two attached hydrogens (primary N) is 1. The van der Waals surface area contributed by atoms with E-state index in [4.69, 9.17) is 5.73 Å². The Hall–Kier alpha value is -2.72. The van der Waals surface area contributed by atoms with E-state index in [1.807, 2.05) is 67.6 Å². The van der Waals surface area contributed by atoms with E-state index < -0.39 is 0 Å². The fourth-order valence-electron chi connectivity index (χ4n) is 2.53. The standard InChI is InChI=1S/C19H19N3O/c1-14-11-18(22(21-14)17-5-3-2-4-6-17)19(23)12-15-7-9-16(13-20)10-8-15/h2-11H,12-13,20H2,1H3. The lowest BCUT2D eigenvalue weighted by Crippen LogP contribution is -2.11. The van der Waals surface area contributed by atoms with Gasteiger partial charge in [0, 0.05) is 13.0 Å². The summed E-state index contributed by atoms with van der Waals surface area (Å²) in [5, 5.41) is 4.45. The van der Waals surface area contributed by atoms with Gasteiger partial charge in [0.2, 0.25) is 0 Å². The van der Waals surface area contributed by atoms with E-state index in [1.54, 1.807) is 4.68 Å². The van der Waals surface area contributed by atoms with Gasteiger partial charge in [-0.15, -0.1) is 0 Å². The van der Waals surface area contributed by atoms with Crippen molar-refractivity contribution in [1.82, 2.24) is 9.78 Å². The molecule has 0 bridgehead atoms. The number of Topliss-reactive ketones (excluding diaryl/α,β-unsaturated/α-hetero) is 1. The van der Waals surface area contributed by atoms with Gasteiger partial charge < -0.3 is 5.73 Å². The van der Waals surface area contributed by atoms with Crippen molar-refractivity contribution in [2.75, 3.05) is 0 Å². The number of nitrogens with zero attached hydrogens (tertiary/aromatic N) is 2. The first-order valence-corrected chi connectivity index (χ1v) is 7.60. The maximum absolute atomic E-state index is 12.7. The first-order valence-electron chi connectivity index (χ1n) is 7.60. The molecule has 4 heteroatoms. The lowest BCUT2D eigenvalue weighted by molar-refractivity contribution is 0.0985. The average Bonchev–Trinajstić information content (AvgIpc) is 2.98. The highest BCUT2D eigenvalue weighted by atomic mass is 16.1. The van der Waals surface area contributed by atoms with E-state index in [9.17, 15) is 4.79 Å². The van der Waals surface area contributed by atoms with Crippen molar-refractivity contribution >= 4 is 5.78 Å². The molecular formula is C19H19N3O. The SMILES string of the molecule is Cc1cc(C(=O)Cc2ccc(CN)cc2)n(-c2ccccc2)n1. The molecule has 0 saturated carbocycles. The number of para-hydroxylation sites is 1. The van der Waals surface area contributed by atoms with Crippen LogP contribution in [0, 0.1) is 6.92 Å². The molecule has 2 N–H and O–H groups in total. The molecule has 23 heavy (non-hydrogen) atoms. The second-order valence-corrected chi connectivity index (χ2v) is 5.54. The summed E-state index contributed by atoms with van der Waals surface area (Å²) in [5.74, 6) is 0.0509. The number of hydrogen-bond acceptors (Lipinski definition) is 3. The van der Waals surface area contributed by atoms with Gasteiger partial charge in [-0.1, -0.05) is 42.5 Å². The second-order valence-electron chi connectivity index (χ2n) is 5.54. The molecule has 1 heterocycles. The quantitative estimate of drug-likeness (QED) is 0.737. The summed E-state index contributed by atoms with van der Waals surface area (Å²) >= 11 is 0. The van der Waals surface area contributed by atoms with Gasteiger partial charge in [0.15, 0.2) is 5.78 Å². The molecular weight excluding hydrogens is 286 g/mol. The van der Waals surface area contributed by atoms with Gasteiger partial charge in [-0.05, 0) is 36.2 Å². The summed E-state index contributed by atoms with van der Waals surface area (Å²) in [6, 6.07) is 19.4.